The zero-order valence-electron chi connectivity index (χ0n) is 11.3. The zero-order valence-corrected chi connectivity index (χ0v) is 12.1. The first kappa shape index (κ1) is 13.9. The SMILES string of the molecule is Cc1ccc(CN2CCCC(C(C)N)C2)c(Cl)c1. The fourth-order valence-corrected chi connectivity index (χ4v) is 2.98. The standard InChI is InChI=1S/C15H23ClN2/c1-11-5-6-14(15(16)8-11)10-18-7-3-4-13(9-18)12(2)17/h5-6,8,12-13H,3-4,7,9-10,17H2,1-2H3. The number of rotatable bonds is 3. The van der Waals surface area contributed by atoms with Crippen LogP contribution in [0.25, 0.3) is 0 Å². The van der Waals surface area contributed by atoms with Crippen molar-refractivity contribution in [3.05, 3.63) is 34.3 Å². The number of aryl methyl sites for hydroxylation is 1. The van der Waals surface area contributed by atoms with Gasteiger partial charge in [-0.1, -0.05) is 23.7 Å². The van der Waals surface area contributed by atoms with Gasteiger partial charge in [0.25, 0.3) is 0 Å². The molecular weight excluding hydrogens is 244 g/mol. The highest BCUT2D eigenvalue weighted by Crippen LogP contribution is 2.24. The highest BCUT2D eigenvalue weighted by molar-refractivity contribution is 6.31. The van der Waals surface area contributed by atoms with Gasteiger partial charge >= 0.3 is 0 Å². The molecule has 0 saturated carbocycles. The van der Waals surface area contributed by atoms with Crippen LogP contribution in [0.15, 0.2) is 18.2 Å². The molecule has 0 aliphatic carbocycles. The lowest BCUT2D eigenvalue weighted by atomic mass is 9.92. The molecule has 2 atom stereocenters. The van der Waals surface area contributed by atoms with Crippen molar-refractivity contribution in [2.75, 3.05) is 13.1 Å². The molecule has 1 saturated heterocycles. The Labute approximate surface area is 115 Å². The van der Waals surface area contributed by atoms with Gasteiger partial charge < -0.3 is 5.73 Å². The predicted molar refractivity (Wildman–Crippen MR) is 77.8 cm³/mol. The van der Waals surface area contributed by atoms with E-state index in [9.17, 15) is 0 Å². The zero-order chi connectivity index (χ0) is 13.1. The van der Waals surface area contributed by atoms with E-state index < -0.39 is 0 Å². The van der Waals surface area contributed by atoms with Crippen LogP contribution in [-0.4, -0.2) is 24.0 Å². The second-order valence-corrected chi connectivity index (χ2v) is 6.00. The molecule has 0 bridgehead atoms. The Kier molecular flexibility index (Phi) is 4.66. The lowest BCUT2D eigenvalue weighted by Crippen LogP contribution is -2.41. The molecule has 3 heteroatoms. The fourth-order valence-electron chi connectivity index (χ4n) is 2.69. The van der Waals surface area contributed by atoms with E-state index in [4.69, 9.17) is 17.3 Å². The van der Waals surface area contributed by atoms with E-state index in [0.717, 1.165) is 24.7 Å². The molecule has 2 nitrogen and oxygen atoms in total. The van der Waals surface area contributed by atoms with E-state index in [2.05, 4.69) is 30.9 Å². The second-order valence-electron chi connectivity index (χ2n) is 5.59. The summed E-state index contributed by atoms with van der Waals surface area (Å²) in [4.78, 5) is 2.48. The molecule has 2 unspecified atom stereocenters. The van der Waals surface area contributed by atoms with E-state index in [1.165, 1.54) is 24.0 Å². The number of halogens is 1. The summed E-state index contributed by atoms with van der Waals surface area (Å²) < 4.78 is 0. The van der Waals surface area contributed by atoms with Crippen molar-refractivity contribution in [2.45, 2.75) is 39.3 Å². The molecule has 18 heavy (non-hydrogen) atoms. The average Bonchev–Trinajstić information content (AvgIpc) is 2.33. The molecule has 0 radical (unpaired) electrons. The maximum atomic E-state index is 6.30. The largest absolute Gasteiger partial charge is 0.328 e. The fraction of sp³-hybridized carbons (Fsp3) is 0.600. The van der Waals surface area contributed by atoms with Crippen molar-refractivity contribution >= 4 is 11.6 Å². The van der Waals surface area contributed by atoms with Crippen LogP contribution < -0.4 is 5.73 Å². The van der Waals surface area contributed by atoms with Crippen molar-refractivity contribution in [1.29, 1.82) is 0 Å². The number of benzene rings is 1. The van der Waals surface area contributed by atoms with Gasteiger partial charge in [-0.2, -0.15) is 0 Å². The quantitative estimate of drug-likeness (QED) is 0.910. The van der Waals surface area contributed by atoms with Gasteiger partial charge in [0.2, 0.25) is 0 Å². The Balaban J connectivity index is 2.00. The maximum absolute atomic E-state index is 6.30. The van der Waals surface area contributed by atoms with E-state index in [1.54, 1.807) is 0 Å². The smallest absolute Gasteiger partial charge is 0.0453 e. The topological polar surface area (TPSA) is 29.3 Å². The molecule has 1 aliphatic rings. The summed E-state index contributed by atoms with van der Waals surface area (Å²) in [6.45, 7) is 7.40. The highest BCUT2D eigenvalue weighted by atomic mass is 35.5. The third kappa shape index (κ3) is 3.47. The van der Waals surface area contributed by atoms with Gasteiger partial charge in [0.05, 0.1) is 0 Å². The number of hydrogen-bond donors (Lipinski definition) is 1. The van der Waals surface area contributed by atoms with Gasteiger partial charge in [-0.3, -0.25) is 4.90 Å². The molecule has 1 heterocycles. The van der Waals surface area contributed by atoms with E-state index >= 15 is 0 Å². The molecule has 1 aromatic rings. The summed E-state index contributed by atoms with van der Waals surface area (Å²) in [5.41, 5.74) is 8.47. The summed E-state index contributed by atoms with van der Waals surface area (Å²) in [5, 5.41) is 0.887. The lowest BCUT2D eigenvalue weighted by Gasteiger charge is -2.34. The molecular formula is C15H23ClN2. The third-order valence-corrected chi connectivity index (χ3v) is 4.24. The minimum atomic E-state index is 0.293. The minimum absolute atomic E-state index is 0.293. The summed E-state index contributed by atoms with van der Waals surface area (Å²) in [5.74, 6) is 0.628. The average molecular weight is 267 g/mol. The van der Waals surface area contributed by atoms with Gasteiger partial charge in [0.15, 0.2) is 0 Å². The molecule has 1 aromatic carbocycles. The van der Waals surface area contributed by atoms with E-state index in [0.29, 0.717) is 12.0 Å². The van der Waals surface area contributed by atoms with Gasteiger partial charge in [-0.25, -0.2) is 0 Å². The third-order valence-electron chi connectivity index (χ3n) is 3.89. The van der Waals surface area contributed by atoms with Gasteiger partial charge in [0.1, 0.15) is 0 Å². The number of likely N-dealkylation sites (tertiary alicyclic amines) is 1. The highest BCUT2D eigenvalue weighted by Gasteiger charge is 2.22. The maximum Gasteiger partial charge on any atom is 0.0453 e. The van der Waals surface area contributed by atoms with Crippen molar-refractivity contribution in [3.63, 3.8) is 0 Å². The summed E-state index contributed by atoms with van der Waals surface area (Å²) >= 11 is 6.30. The van der Waals surface area contributed by atoms with Crippen LogP contribution in [0.1, 0.15) is 30.9 Å². The van der Waals surface area contributed by atoms with Gasteiger partial charge in [0, 0.05) is 24.2 Å². The van der Waals surface area contributed by atoms with Crippen molar-refractivity contribution in [3.8, 4) is 0 Å². The molecule has 1 aliphatic heterocycles. The number of nitrogens with two attached hydrogens (primary N) is 1. The van der Waals surface area contributed by atoms with Crippen LogP contribution in [0, 0.1) is 12.8 Å². The van der Waals surface area contributed by atoms with Crippen molar-refractivity contribution in [2.24, 2.45) is 11.7 Å². The van der Waals surface area contributed by atoms with Crippen LogP contribution >= 0.6 is 11.6 Å². The van der Waals surface area contributed by atoms with E-state index in [1.807, 2.05) is 6.07 Å². The molecule has 2 N–H and O–H groups in total. The Hall–Kier alpha value is -0.570. The van der Waals surface area contributed by atoms with Crippen LogP contribution in [0.4, 0.5) is 0 Å². The van der Waals surface area contributed by atoms with Crippen LogP contribution in [-0.2, 0) is 6.54 Å². The van der Waals surface area contributed by atoms with Crippen LogP contribution in [0.2, 0.25) is 5.02 Å². The Morgan fingerprint density at radius 1 is 1.50 bits per heavy atom. The van der Waals surface area contributed by atoms with Crippen molar-refractivity contribution < 1.29 is 0 Å². The predicted octanol–water partition coefficient (Wildman–Crippen LogP) is 3.21. The van der Waals surface area contributed by atoms with Crippen LogP contribution in [0.3, 0.4) is 0 Å². The summed E-state index contributed by atoms with van der Waals surface area (Å²) in [7, 11) is 0. The molecule has 0 aromatic heterocycles. The van der Waals surface area contributed by atoms with Gasteiger partial charge in [-0.15, -0.1) is 0 Å². The summed E-state index contributed by atoms with van der Waals surface area (Å²) in [6, 6.07) is 6.62. The normalized spacial score (nSPS) is 23.0. The monoisotopic (exact) mass is 266 g/mol. The molecule has 0 spiro atoms. The second kappa shape index (κ2) is 6.05. The van der Waals surface area contributed by atoms with Gasteiger partial charge in [-0.05, 0) is 56.3 Å². The number of hydrogen-bond acceptors (Lipinski definition) is 2. The van der Waals surface area contributed by atoms with E-state index in [-0.39, 0.29) is 0 Å². The Bertz CT molecular complexity index is 403. The first-order chi connectivity index (χ1) is 8.56. The molecule has 1 fully saturated rings. The van der Waals surface area contributed by atoms with Crippen LogP contribution in [0.5, 0.6) is 0 Å². The van der Waals surface area contributed by atoms with Crippen molar-refractivity contribution in [1.82, 2.24) is 4.90 Å². The first-order valence-corrected chi connectivity index (χ1v) is 7.17. The first-order valence-electron chi connectivity index (χ1n) is 6.79. The molecule has 100 valence electrons. The lowest BCUT2D eigenvalue weighted by molar-refractivity contribution is 0.154. The number of nitrogens with zero attached hydrogens (tertiary/aromatic N) is 1. The Morgan fingerprint density at radius 3 is 2.94 bits per heavy atom. The molecule has 2 rings (SSSR count). The Morgan fingerprint density at radius 2 is 2.28 bits per heavy atom. The summed E-state index contributed by atoms with van der Waals surface area (Å²) in [6.07, 6.45) is 2.51. The number of piperidine rings is 1. The molecule has 0 amide bonds. The minimum Gasteiger partial charge on any atom is -0.328 e.